The van der Waals surface area contributed by atoms with Crippen LogP contribution in [0.25, 0.3) is 0 Å². The summed E-state index contributed by atoms with van der Waals surface area (Å²) in [5.41, 5.74) is -0.565. The lowest BCUT2D eigenvalue weighted by Crippen LogP contribution is -2.40. The number of carbonyl (C=O) groups is 1. The molecule has 0 bridgehead atoms. The number of hydrogen-bond acceptors (Lipinski definition) is 8. The minimum Gasteiger partial charge on any atom is -0.478 e. The summed E-state index contributed by atoms with van der Waals surface area (Å²) in [5.74, 6) is -1.25. The van der Waals surface area contributed by atoms with Crippen molar-refractivity contribution in [2.24, 2.45) is 5.14 Å². The quantitative estimate of drug-likeness (QED) is 0.604. The average molecular weight is 441 g/mol. The third-order valence-corrected chi connectivity index (χ3v) is 5.49. The molecule has 0 radical (unpaired) electrons. The predicted octanol–water partition coefficient (Wildman–Crippen LogP) is 0.457. The summed E-state index contributed by atoms with van der Waals surface area (Å²) in [6.45, 7) is 5.23. The fourth-order valence-corrected chi connectivity index (χ4v) is 3.69. The van der Waals surface area contributed by atoms with Gasteiger partial charge in [0.2, 0.25) is 20.0 Å². The maximum Gasteiger partial charge on any atom is 0.337 e. The normalized spacial score (nSPS) is 11.7. The molecular formula is C16H19N5O6S2. The van der Waals surface area contributed by atoms with Gasteiger partial charge in [-0.25, -0.2) is 31.5 Å². The van der Waals surface area contributed by atoms with Crippen molar-refractivity contribution in [1.82, 2.24) is 14.7 Å². The SMILES string of the molecule is CC(C)(C)NS(=O)(=O)c1cncc(C#N)c1.NS(=O)(=O)c1cncc(C(=O)O)c1. The average Bonchev–Trinajstić information content (AvgIpc) is 2.60. The summed E-state index contributed by atoms with van der Waals surface area (Å²) in [5, 5.41) is 21.9. The van der Waals surface area contributed by atoms with Crippen molar-refractivity contribution in [1.29, 1.82) is 5.26 Å². The molecular weight excluding hydrogens is 422 g/mol. The number of nitrogens with two attached hydrogens (primary N) is 1. The van der Waals surface area contributed by atoms with E-state index < -0.39 is 31.6 Å². The van der Waals surface area contributed by atoms with Crippen molar-refractivity contribution in [3.63, 3.8) is 0 Å². The fourth-order valence-electron chi connectivity index (χ4n) is 1.78. The number of nitrogens with zero attached hydrogens (tertiary/aromatic N) is 3. The summed E-state index contributed by atoms with van der Waals surface area (Å²) in [6, 6.07) is 4.09. The first-order chi connectivity index (χ1) is 13.2. The molecule has 0 atom stereocenters. The zero-order valence-electron chi connectivity index (χ0n) is 15.7. The molecule has 0 fully saturated rings. The lowest BCUT2D eigenvalue weighted by Gasteiger charge is -2.20. The Hall–Kier alpha value is -2.92. The Balaban J connectivity index is 0.000000296. The standard InChI is InChI=1S/C10H13N3O2S.C6H6N2O4S/c1-10(2,3)13-16(14,15)9-4-8(5-11)6-12-7-9;7-13(11,12)5-1-4(6(9)10)2-8-3-5/h4,6-7,13H,1-3H3;1-3H,(H,9,10)(H2,7,11,12). The minimum atomic E-state index is -3.88. The Kier molecular flexibility index (Phi) is 7.53. The van der Waals surface area contributed by atoms with Crippen molar-refractivity contribution >= 4 is 26.0 Å². The summed E-state index contributed by atoms with van der Waals surface area (Å²) in [4.78, 5) is 17.2. The van der Waals surface area contributed by atoms with Crippen molar-refractivity contribution in [2.45, 2.75) is 36.1 Å². The molecule has 0 spiro atoms. The molecule has 13 heteroatoms. The van der Waals surface area contributed by atoms with Gasteiger partial charge in [-0.2, -0.15) is 5.26 Å². The number of aromatic carboxylic acids is 1. The third kappa shape index (κ3) is 7.92. The van der Waals surface area contributed by atoms with Crippen LogP contribution in [0.2, 0.25) is 0 Å². The smallest absolute Gasteiger partial charge is 0.337 e. The van der Waals surface area contributed by atoms with E-state index in [4.69, 9.17) is 15.5 Å². The van der Waals surface area contributed by atoms with Crippen molar-refractivity contribution in [3.8, 4) is 6.07 Å². The molecule has 2 heterocycles. The Morgan fingerprint density at radius 1 is 1.07 bits per heavy atom. The van der Waals surface area contributed by atoms with Crippen LogP contribution in [0, 0.1) is 11.3 Å². The topological polar surface area (TPSA) is 193 Å². The Labute approximate surface area is 168 Å². The molecule has 0 aliphatic rings. The summed E-state index contributed by atoms with van der Waals surface area (Å²) < 4.78 is 47.7. The van der Waals surface area contributed by atoms with Crippen LogP contribution in [0.15, 0.2) is 46.7 Å². The van der Waals surface area contributed by atoms with Gasteiger partial charge in [0.15, 0.2) is 0 Å². The monoisotopic (exact) mass is 441 g/mol. The number of nitriles is 1. The minimum absolute atomic E-state index is 0.00137. The van der Waals surface area contributed by atoms with Crippen molar-refractivity contribution in [3.05, 3.63) is 48.0 Å². The van der Waals surface area contributed by atoms with Gasteiger partial charge in [0.05, 0.1) is 11.1 Å². The van der Waals surface area contributed by atoms with Crippen LogP contribution in [-0.4, -0.2) is 43.4 Å². The summed E-state index contributed by atoms with van der Waals surface area (Å²) in [7, 11) is -7.50. The second kappa shape index (κ2) is 9.05. The zero-order valence-corrected chi connectivity index (χ0v) is 17.3. The number of primary sulfonamides is 1. The number of rotatable bonds is 4. The van der Waals surface area contributed by atoms with Gasteiger partial charge in [-0.15, -0.1) is 0 Å². The predicted molar refractivity (Wildman–Crippen MR) is 102 cm³/mol. The van der Waals surface area contributed by atoms with E-state index >= 15 is 0 Å². The highest BCUT2D eigenvalue weighted by atomic mass is 32.2. The molecule has 0 aliphatic heterocycles. The largest absolute Gasteiger partial charge is 0.478 e. The van der Waals surface area contributed by atoms with E-state index in [-0.39, 0.29) is 20.9 Å². The maximum absolute atomic E-state index is 11.9. The lowest BCUT2D eigenvalue weighted by atomic mass is 10.1. The van der Waals surface area contributed by atoms with Gasteiger partial charge in [0.1, 0.15) is 15.9 Å². The molecule has 2 aromatic heterocycles. The van der Waals surface area contributed by atoms with Gasteiger partial charge in [0, 0.05) is 30.3 Å². The number of carboxylic acids is 1. The van der Waals surface area contributed by atoms with E-state index in [1.54, 1.807) is 20.8 Å². The van der Waals surface area contributed by atoms with Gasteiger partial charge in [0.25, 0.3) is 0 Å². The number of hydrogen-bond donors (Lipinski definition) is 3. The highest BCUT2D eigenvalue weighted by Gasteiger charge is 2.22. The lowest BCUT2D eigenvalue weighted by molar-refractivity contribution is 0.0696. The number of nitrogens with one attached hydrogen (secondary N) is 1. The van der Waals surface area contributed by atoms with E-state index in [9.17, 15) is 21.6 Å². The molecule has 4 N–H and O–H groups in total. The molecule has 29 heavy (non-hydrogen) atoms. The van der Waals surface area contributed by atoms with Crippen molar-refractivity contribution in [2.75, 3.05) is 0 Å². The van der Waals surface area contributed by atoms with Crippen LogP contribution in [0.3, 0.4) is 0 Å². The van der Waals surface area contributed by atoms with Gasteiger partial charge in [-0.3, -0.25) is 9.97 Å². The first-order valence-electron chi connectivity index (χ1n) is 7.76. The van der Waals surface area contributed by atoms with Gasteiger partial charge in [-0.05, 0) is 32.9 Å². The van der Waals surface area contributed by atoms with Crippen LogP contribution in [0.4, 0.5) is 0 Å². The molecule has 11 nitrogen and oxygen atoms in total. The fraction of sp³-hybridized carbons (Fsp3) is 0.250. The number of sulfonamides is 2. The Morgan fingerprint density at radius 3 is 2.10 bits per heavy atom. The van der Waals surface area contributed by atoms with E-state index in [0.29, 0.717) is 0 Å². The molecule has 2 aromatic rings. The molecule has 0 saturated carbocycles. The second-order valence-electron chi connectivity index (χ2n) is 6.64. The molecule has 156 valence electrons. The highest BCUT2D eigenvalue weighted by molar-refractivity contribution is 7.89. The third-order valence-electron chi connectivity index (χ3n) is 2.88. The van der Waals surface area contributed by atoms with E-state index in [2.05, 4.69) is 14.7 Å². The number of aromatic nitrogens is 2. The molecule has 0 aromatic carbocycles. The van der Waals surface area contributed by atoms with Crippen LogP contribution >= 0.6 is 0 Å². The highest BCUT2D eigenvalue weighted by Crippen LogP contribution is 2.12. The van der Waals surface area contributed by atoms with E-state index in [0.717, 1.165) is 18.5 Å². The van der Waals surface area contributed by atoms with Crippen LogP contribution in [0.1, 0.15) is 36.7 Å². The summed E-state index contributed by atoms with van der Waals surface area (Å²) in [6.07, 6.45) is 4.56. The molecule has 0 unspecified atom stereocenters. The number of carboxylic acid groups (broad SMARTS) is 1. The van der Waals surface area contributed by atoms with Gasteiger partial charge in [-0.1, -0.05) is 0 Å². The first kappa shape index (κ1) is 24.1. The van der Waals surface area contributed by atoms with Crippen LogP contribution < -0.4 is 9.86 Å². The number of pyridine rings is 2. The van der Waals surface area contributed by atoms with Gasteiger partial charge < -0.3 is 5.11 Å². The van der Waals surface area contributed by atoms with E-state index in [1.807, 2.05) is 6.07 Å². The first-order valence-corrected chi connectivity index (χ1v) is 10.8. The zero-order chi connectivity index (χ0) is 22.5. The van der Waals surface area contributed by atoms with E-state index in [1.165, 1.54) is 18.5 Å². The Morgan fingerprint density at radius 2 is 1.62 bits per heavy atom. The maximum atomic E-state index is 11.9. The van der Waals surface area contributed by atoms with Crippen LogP contribution in [0.5, 0.6) is 0 Å². The Bertz CT molecular complexity index is 1150. The molecule has 0 aliphatic carbocycles. The van der Waals surface area contributed by atoms with Crippen molar-refractivity contribution < 1.29 is 26.7 Å². The summed E-state index contributed by atoms with van der Waals surface area (Å²) >= 11 is 0. The molecule has 0 amide bonds. The van der Waals surface area contributed by atoms with Crippen LogP contribution in [-0.2, 0) is 20.0 Å². The molecule has 2 rings (SSSR count). The van der Waals surface area contributed by atoms with Gasteiger partial charge >= 0.3 is 5.97 Å². The molecule has 0 saturated heterocycles. The second-order valence-corrected chi connectivity index (χ2v) is 9.88.